The molecule has 0 amide bonds. The Morgan fingerprint density at radius 2 is 2.00 bits per heavy atom. The first kappa shape index (κ1) is 8.16. The average molecular weight is 175 g/mol. The Kier molecular flexibility index (Phi) is 1.96. The first-order valence-corrected chi connectivity index (χ1v) is 3.93. The third kappa shape index (κ3) is 1.28. The monoisotopic (exact) mass is 175 g/mol. The lowest BCUT2D eigenvalue weighted by molar-refractivity contribution is -0.327. The molecule has 0 aromatic heterocycles. The van der Waals surface area contributed by atoms with Crippen molar-refractivity contribution in [2.45, 2.75) is 6.10 Å². The lowest BCUT2D eigenvalue weighted by Crippen LogP contribution is -2.11. The van der Waals surface area contributed by atoms with Gasteiger partial charge in [0.15, 0.2) is 5.78 Å². The molecule has 0 spiro atoms. The van der Waals surface area contributed by atoms with Crippen molar-refractivity contribution in [1.82, 2.24) is 0 Å². The van der Waals surface area contributed by atoms with Crippen LogP contribution in [0.2, 0.25) is 0 Å². The van der Waals surface area contributed by atoms with Crippen molar-refractivity contribution in [3.05, 3.63) is 47.5 Å². The van der Waals surface area contributed by atoms with Crippen molar-refractivity contribution in [3.63, 3.8) is 0 Å². The molecule has 1 aliphatic carbocycles. The van der Waals surface area contributed by atoms with E-state index in [2.05, 4.69) is 4.89 Å². The van der Waals surface area contributed by atoms with E-state index in [9.17, 15) is 10.1 Å². The number of hydrogen-bond acceptors (Lipinski definition) is 2. The molecule has 0 bridgehead atoms. The highest BCUT2D eigenvalue weighted by Crippen LogP contribution is 2.26. The third-order valence-corrected chi connectivity index (χ3v) is 2.06. The topological polar surface area (TPSA) is 46.2 Å². The van der Waals surface area contributed by atoms with Crippen LogP contribution in [-0.4, -0.2) is 5.78 Å². The SMILES string of the molecule is [O]OC1C=CC(=O)c2ccccc21. The minimum Gasteiger partial charge on any atom is -0.289 e. The molecule has 1 radical (unpaired) electrons. The number of rotatable bonds is 1. The average Bonchev–Trinajstić information content (AvgIpc) is 2.19. The summed E-state index contributed by atoms with van der Waals surface area (Å²) in [7, 11) is 0. The summed E-state index contributed by atoms with van der Waals surface area (Å²) in [4.78, 5) is 15.3. The fourth-order valence-corrected chi connectivity index (χ4v) is 1.42. The van der Waals surface area contributed by atoms with E-state index in [1.54, 1.807) is 24.3 Å². The van der Waals surface area contributed by atoms with Crippen molar-refractivity contribution in [2.75, 3.05) is 0 Å². The van der Waals surface area contributed by atoms with Gasteiger partial charge in [0.2, 0.25) is 0 Å². The second-order valence-corrected chi connectivity index (χ2v) is 2.83. The van der Waals surface area contributed by atoms with Gasteiger partial charge in [0.25, 0.3) is 0 Å². The van der Waals surface area contributed by atoms with Crippen LogP contribution < -0.4 is 0 Å². The maximum atomic E-state index is 11.3. The van der Waals surface area contributed by atoms with E-state index in [-0.39, 0.29) is 5.78 Å². The van der Waals surface area contributed by atoms with Gasteiger partial charge in [-0.05, 0) is 23.0 Å². The normalized spacial score (nSPS) is 20.1. The van der Waals surface area contributed by atoms with E-state index < -0.39 is 6.10 Å². The third-order valence-electron chi connectivity index (χ3n) is 2.06. The molecule has 3 heteroatoms. The van der Waals surface area contributed by atoms with Gasteiger partial charge in [0.1, 0.15) is 6.10 Å². The quantitative estimate of drug-likeness (QED) is 0.483. The molecule has 1 aliphatic rings. The largest absolute Gasteiger partial charge is 0.289 e. The molecule has 1 unspecified atom stereocenters. The number of carbonyl (C=O) groups excluding carboxylic acids is 1. The summed E-state index contributed by atoms with van der Waals surface area (Å²) in [6.07, 6.45) is 2.21. The van der Waals surface area contributed by atoms with E-state index in [1.807, 2.05) is 0 Å². The summed E-state index contributed by atoms with van der Waals surface area (Å²) >= 11 is 0. The highest BCUT2D eigenvalue weighted by Gasteiger charge is 2.21. The van der Waals surface area contributed by atoms with Crippen LogP contribution >= 0.6 is 0 Å². The minimum absolute atomic E-state index is 0.0797. The van der Waals surface area contributed by atoms with Crippen molar-refractivity contribution < 1.29 is 14.9 Å². The smallest absolute Gasteiger partial charge is 0.186 e. The zero-order valence-corrected chi connectivity index (χ0v) is 6.77. The summed E-state index contributed by atoms with van der Waals surface area (Å²) in [5, 5.41) is 10.3. The summed E-state index contributed by atoms with van der Waals surface area (Å²) in [5.41, 5.74) is 1.19. The van der Waals surface area contributed by atoms with E-state index in [4.69, 9.17) is 0 Å². The van der Waals surface area contributed by atoms with Crippen molar-refractivity contribution >= 4 is 5.78 Å². The minimum atomic E-state index is -0.631. The molecule has 13 heavy (non-hydrogen) atoms. The van der Waals surface area contributed by atoms with Gasteiger partial charge in [-0.15, -0.1) is 0 Å². The van der Waals surface area contributed by atoms with Crippen LogP contribution in [0.1, 0.15) is 22.0 Å². The van der Waals surface area contributed by atoms with Crippen LogP contribution in [0, 0.1) is 0 Å². The van der Waals surface area contributed by atoms with Crippen LogP contribution in [0.25, 0.3) is 0 Å². The maximum Gasteiger partial charge on any atom is 0.186 e. The number of hydrogen-bond donors (Lipinski definition) is 0. The molecular weight excluding hydrogens is 168 g/mol. The molecule has 0 fully saturated rings. The Hall–Kier alpha value is -1.45. The Morgan fingerprint density at radius 1 is 1.23 bits per heavy atom. The summed E-state index contributed by atoms with van der Waals surface area (Å²) in [5.74, 6) is -0.0797. The van der Waals surface area contributed by atoms with Crippen LogP contribution in [0.15, 0.2) is 36.4 Å². The summed E-state index contributed by atoms with van der Waals surface area (Å²) in [6.45, 7) is 0. The first-order chi connectivity index (χ1) is 6.33. The van der Waals surface area contributed by atoms with Gasteiger partial charge in [-0.3, -0.25) is 4.79 Å². The molecule has 1 aromatic carbocycles. The molecule has 1 aromatic rings. The van der Waals surface area contributed by atoms with Gasteiger partial charge in [0, 0.05) is 5.56 Å². The maximum absolute atomic E-state index is 11.3. The van der Waals surface area contributed by atoms with Gasteiger partial charge in [-0.25, -0.2) is 0 Å². The number of carbonyl (C=O) groups is 1. The number of fused-ring (bicyclic) bond motifs is 1. The van der Waals surface area contributed by atoms with E-state index in [1.165, 1.54) is 12.2 Å². The number of ketones is 1. The Labute approximate surface area is 75.2 Å². The van der Waals surface area contributed by atoms with E-state index in [0.717, 1.165) is 0 Å². The molecule has 2 rings (SSSR count). The molecule has 0 heterocycles. The molecule has 0 saturated carbocycles. The zero-order valence-electron chi connectivity index (χ0n) is 6.77. The lowest BCUT2D eigenvalue weighted by atomic mass is 9.94. The molecular formula is C10H7O3. The Balaban J connectivity index is 2.54. The predicted molar refractivity (Wildman–Crippen MR) is 44.4 cm³/mol. The fourth-order valence-electron chi connectivity index (χ4n) is 1.42. The van der Waals surface area contributed by atoms with Crippen LogP contribution in [0.3, 0.4) is 0 Å². The van der Waals surface area contributed by atoms with Crippen molar-refractivity contribution in [1.29, 1.82) is 0 Å². The molecule has 0 N–H and O–H groups in total. The van der Waals surface area contributed by atoms with E-state index >= 15 is 0 Å². The van der Waals surface area contributed by atoms with Crippen LogP contribution in [0.4, 0.5) is 0 Å². The molecule has 0 saturated heterocycles. The van der Waals surface area contributed by atoms with Gasteiger partial charge >= 0.3 is 0 Å². The second-order valence-electron chi connectivity index (χ2n) is 2.83. The van der Waals surface area contributed by atoms with Gasteiger partial charge in [-0.1, -0.05) is 24.3 Å². The van der Waals surface area contributed by atoms with E-state index in [0.29, 0.717) is 11.1 Å². The molecule has 0 aliphatic heterocycles. The zero-order chi connectivity index (χ0) is 9.26. The molecule has 65 valence electrons. The Morgan fingerprint density at radius 3 is 2.77 bits per heavy atom. The lowest BCUT2D eigenvalue weighted by Gasteiger charge is -2.15. The Bertz CT molecular complexity index is 368. The van der Waals surface area contributed by atoms with Crippen LogP contribution in [0.5, 0.6) is 0 Å². The van der Waals surface area contributed by atoms with Gasteiger partial charge in [0.05, 0.1) is 0 Å². The van der Waals surface area contributed by atoms with Crippen molar-refractivity contribution in [2.24, 2.45) is 0 Å². The van der Waals surface area contributed by atoms with Crippen LogP contribution in [-0.2, 0) is 10.1 Å². The predicted octanol–water partition coefficient (Wildman–Crippen LogP) is 1.84. The fraction of sp³-hybridized carbons (Fsp3) is 0.100. The number of allylic oxidation sites excluding steroid dienone is 1. The van der Waals surface area contributed by atoms with Gasteiger partial charge < -0.3 is 0 Å². The first-order valence-electron chi connectivity index (χ1n) is 3.93. The second kappa shape index (κ2) is 3.12. The highest BCUT2D eigenvalue weighted by atomic mass is 17.1. The number of benzene rings is 1. The van der Waals surface area contributed by atoms with Gasteiger partial charge in [-0.2, -0.15) is 4.89 Å². The summed E-state index contributed by atoms with van der Waals surface area (Å²) in [6, 6.07) is 6.95. The molecule has 3 nitrogen and oxygen atoms in total. The summed E-state index contributed by atoms with van der Waals surface area (Å²) < 4.78 is 0. The molecule has 1 atom stereocenters. The standard InChI is InChI=1S/C10H7O3/c11-9-5-6-10(13-12)8-4-2-1-3-7(8)9/h1-6,10H. The highest BCUT2D eigenvalue weighted by molar-refractivity contribution is 6.06. The van der Waals surface area contributed by atoms with Crippen molar-refractivity contribution in [3.8, 4) is 0 Å².